The smallest absolute Gasteiger partial charge is 0.154 e. The largest absolute Gasteiger partial charge is 0.455 e. The lowest BCUT2D eigenvalue weighted by molar-refractivity contribution is 0.213. The number of nitrogens with zero attached hydrogens (tertiary/aromatic N) is 2. The Morgan fingerprint density at radius 3 is 2.73 bits per heavy atom. The summed E-state index contributed by atoms with van der Waals surface area (Å²) in [5.74, 6) is 1.50. The molecule has 0 saturated heterocycles. The van der Waals surface area contributed by atoms with Crippen LogP contribution in [-0.2, 0) is 4.84 Å². The van der Waals surface area contributed by atoms with Crippen LogP contribution in [0.25, 0.3) is 10.1 Å². The first kappa shape index (κ1) is 15.0. The van der Waals surface area contributed by atoms with Crippen molar-refractivity contribution in [2.45, 2.75) is 6.92 Å². The molecule has 0 N–H and O–H groups in total. The van der Waals surface area contributed by atoms with Crippen LogP contribution in [0.2, 0.25) is 0 Å². The lowest BCUT2D eigenvalue weighted by atomic mass is 10.2. The topological polar surface area (TPSA) is 43.7 Å². The number of thiophene rings is 1. The predicted molar refractivity (Wildman–Crippen MR) is 93.1 cm³/mol. The molecule has 22 heavy (non-hydrogen) atoms. The molecule has 112 valence electrons. The molecule has 0 aliphatic rings. The molecule has 2 heterocycles. The maximum Gasteiger partial charge on any atom is 0.154 e. The third-order valence-electron chi connectivity index (χ3n) is 3.04. The summed E-state index contributed by atoms with van der Waals surface area (Å²) in [6.07, 6.45) is 3.56. The first-order valence-electron chi connectivity index (χ1n) is 6.56. The number of pyridine rings is 1. The van der Waals surface area contributed by atoms with Gasteiger partial charge >= 0.3 is 0 Å². The van der Waals surface area contributed by atoms with E-state index >= 15 is 0 Å². The van der Waals surface area contributed by atoms with Crippen LogP contribution in [0.3, 0.4) is 0 Å². The van der Waals surface area contributed by atoms with Crippen LogP contribution in [0.5, 0.6) is 11.5 Å². The molecule has 0 amide bonds. The number of hydrogen-bond acceptors (Lipinski definition) is 5. The predicted octanol–water partition coefficient (Wildman–Crippen LogP) is 5.22. The highest BCUT2D eigenvalue weighted by Gasteiger charge is 2.11. The molecular weight excluding hydrogens is 364 g/mol. The van der Waals surface area contributed by atoms with Crippen LogP contribution in [0.4, 0.5) is 0 Å². The van der Waals surface area contributed by atoms with Crippen molar-refractivity contribution in [2.24, 2.45) is 5.16 Å². The van der Waals surface area contributed by atoms with Crippen molar-refractivity contribution in [2.75, 3.05) is 7.11 Å². The van der Waals surface area contributed by atoms with Gasteiger partial charge in [-0.3, -0.25) is 4.98 Å². The molecule has 0 radical (unpaired) electrons. The molecule has 0 fully saturated rings. The minimum absolute atomic E-state index is 0.729. The lowest BCUT2D eigenvalue weighted by Crippen LogP contribution is -1.90. The van der Waals surface area contributed by atoms with Gasteiger partial charge in [0.2, 0.25) is 0 Å². The second kappa shape index (κ2) is 6.46. The molecule has 0 bridgehead atoms. The van der Waals surface area contributed by atoms with Gasteiger partial charge in [-0.25, -0.2) is 0 Å². The van der Waals surface area contributed by atoms with Crippen molar-refractivity contribution in [1.29, 1.82) is 0 Å². The standard InChI is InChI=1S/C16H13BrN2O2S/c1-10(19-20-2)15-7-13-14(8-18-9-16(13)22-15)21-12-5-3-11(17)4-6-12/h3-9H,1-2H3/b19-10+. The second-order valence-corrected chi connectivity index (χ2v) is 6.57. The van der Waals surface area contributed by atoms with Crippen molar-refractivity contribution >= 4 is 43.1 Å². The Kier molecular flexibility index (Phi) is 4.40. The van der Waals surface area contributed by atoms with Gasteiger partial charge < -0.3 is 9.57 Å². The molecule has 3 aromatic rings. The van der Waals surface area contributed by atoms with Gasteiger partial charge in [-0.1, -0.05) is 21.1 Å². The van der Waals surface area contributed by atoms with E-state index in [9.17, 15) is 0 Å². The van der Waals surface area contributed by atoms with Crippen LogP contribution in [0.1, 0.15) is 11.8 Å². The van der Waals surface area contributed by atoms with Crippen LogP contribution < -0.4 is 4.74 Å². The maximum atomic E-state index is 5.95. The van der Waals surface area contributed by atoms with Crippen molar-refractivity contribution < 1.29 is 9.57 Å². The highest BCUT2D eigenvalue weighted by atomic mass is 79.9. The molecule has 0 atom stereocenters. The maximum absolute atomic E-state index is 5.95. The molecule has 0 spiro atoms. The van der Waals surface area contributed by atoms with E-state index in [2.05, 4.69) is 26.1 Å². The molecule has 0 unspecified atom stereocenters. The van der Waals surface area contributed by atoms with Gasteiger partial charge in [0.25, 0.3) is 0 Å². The van der Waals surface area contributed by atoms with Crippen LogP contribution in [-0.4, -0.2) is 17.8 Å². The first-order chi connectivity index (χ1) is 10.7. The third-order valence-corrected chi connectivity index (χ3v) is 4.74. The number of hydrogen-bond donors (Lipinski definition) is 0. The van der Waals surface area contributed by atoms with Gasteiger partial charge in [-0.2, -0.15) is 0 Å². The molecule has 0 aliphatic carbocycles. The number of ether oxygens (including phenoxy) is 1. The number of rotatable bonds is 4. The van der Waals surface area contributed by atoms with E-state index in [0.29, 0.717) is 0 Å². The summed E-state index contributed by atoms with van der Waals surface area (Å²) in [5.41, 5.74) is 0.832. The summed E-state index contributed by atoms with van der Waals surface area (Å²) < 4.78 is 8.02. The van der Waals surface area contributed by atoms with Gasteiger partial charge in [-0.15, -0.1) is 11.3 Å². The van der Waals surface area contributed by atoms with E-state index < -0.39 is 0 Å². The normalized spacial score (nSPS) is 11.7. The average molecular weight is 377 g/mol. The van der Waals surface area contributed by atoms with Gasteiger partial charge in [0.05, 0.1) is 21.5 Å². The number of halogens is 1. The SMILES string of the molecule is CO/N=C(\C)c1cc2c(Oc3ccc(Br)cc3)cncc2s1. The summed E-state index contributed by atoms with van der Waals surface area (Å²) in [6.45, 7) is 1.91. The molecule has 0 saturated carbocycles. The summed E-state index contributed by atoms with van der Waals surface area (Å²) in [5, 5.41) is 4.99. The van der Waals surface area contributed by atoms with E-state index in [4.69, 9.17) is 9.57 Å². The number of aromatic nitrogens is 1. The van der Waals surface area contributed by atoms with E-state index in [-0.39, 0.29) is 0 Å². The Bertz CT molecular complexity index is 828. The highest BCUT2D eigenvalue weighted by Crippen LogP contribution is 2.34. The fraction of sp³-hybridized carbons (Fsp3) is 0.125. The van der Waals surface area contributed by atoms with Crippen molar-refractivity contribution in [1.82, 2.24) is 4.98 Å². The zero-order valence-electron chi connectivity index (χ0n) is 12.0. The summed E-state index contributed by atoms with van der Waals surface area (Å²) >= 11 is 5.03. The minimum atomic E-state index is 0.729. The Labute approximate surface area is 140 Å². The fourth-order valence-corrected chi connectivity index (χ4v) is 3.25. The van der Waals surface area contributed by atoms with Crippen LogP contribution >= 0.6 is 27.3 Å². The fourth-order valence-electron chi connectivity index (χ4n) is 2.01. The van der Waals surface area contributed by atoms with Gasteiger partial charge in [0, 0.05) is 16.1 Å². The molecule has 6 heteroatoms. The Balaban J connectivity index is 1.99. The Morgan fingerprint density at radius 1 is 1.23 bits per heavy atom. The van der Waals surface area contributed by atoms with E-state index in [1.54, 1.807) is 24.6 Å². The number of oxime groups is 1. The van der Waals surface area contributed by atoms with Crippen LogP contribution in [0, 0.1) is 0 Å². The minimum Gasteiger partial charge on any atom is -0.455 e. The van der Waals surface area contributed by atoms with Gasteiger partial charge in [0.15, 0.2) is 5.75 Å². The number of benzene rings is 1. The van der Waals surface area contributed by atoms with Crippen molar-refractivity contribution in [3.8, 4) is 11.5 Å². The summed E-state index contributed by atoms with van der Waals surface area (Å²) in [6, 6.07) is 9.75. The van der Waals surface area contributed by atoms with Gasteiger partial charge in [-0.05, 0) is 37.3 Å². The highest BCUT2D eigenvalue weighted by molar-refractivity contribution is 9.10. The lowest BCUT2D eigenvalue weighted by Gasteiger charge is -2.06. The molecule has 1 aromatic carbocycles. The average Bonchev–Trinajstić information content (AvgIpc) is 2.95. The molecular formula is C16H13BrN2O2S. The zero-order chi connectivity index (χ0) is 15.5. The van der Waals surface area contributed by atoms with E-state index in [1.165, 1.54) is 0 Å². The molecule has 0 aliphatic heterocycles. The first-order valence-corrected chi connectivity index (χ1v) is 8.17. The Morgan fingerprint density at radius 2 is 2.00 bits per heavy atom. The van der Waals surface area contributed by atoms with Gasteiger partial charge in [0.1, 0.15) is 12.9 Å². The second-order valence-electron chi connectivity index (χ2n) is 4.58. The molecule has 4 nitrogen and oxygen atoms in total. The summed E-state index contributed by atoms with van der Waals surface area (Å²) in [7, 11) is 1.54. The molecule has 3 rings (SSSR count). The monoisotopic (exact) mass is 376 g/mol. The number of fused-ring (bicyclic) bond motifs is 1. The Hall–Kier alpha value is -1.92. The van der Waals surface area contributed by atoms with Crippen LogP contribution in [0.15, 0.2) is 52.4 Å². The van der Waals surface area contributed by atoms with Crippen molar-refractivity contribution in [3.05, 3.63) is 52.1 Å². The van der Waals surface area contributed by atoms with E-state index in [0.717, 1.165) is 36.6 Å². The third kappa shape index (κ3) is 3.13. The quantitative estimate of drug-likeness (QED) is 0.462. The van der Waals surface area contributed by atoms with E-state index in [1.807, 2.05) is 43.5 Å². The summed E-state index contributed by atoms with van der Waals surface area (Å²) in [4.78, 5) is 10.1. The van der Waals surface area contributed by atoms with Crippen molar-refractivity contribution in [3.63, 3.8) is 0 Å². The zero-order valence-corrected chi connectivity index (χ0v) is 14.4. The molecule has 2 aromatic heterocycles.